The average Bonchev–Trinajstić information content (AvgIpc) is 2.53. The van der Waals surface area contributed by atoms with Crippen molar-refractivity contribution in [3.63, 3.8) is 0 Å². The van der Waals surface area contributed by atoms with Crippen LogP contribution in [0.4, 0.5) is 30.7 Å². The summed E-state index contributed by atoms with van der Waals surface area (Å²) in [6, 6.07) is 0. The predicted molar refractivity (Wildman–Crippen MR) is 73.0 cm³/mol. The van der Waals surface area contributed by atoms with Crippen LogP contribution in [-0.2, 0) is 0 Å². The Kier molecular flexibility index (Phi) is 9.34. The van der Waals surface area contributed by atoms with Crippen LogP contribution in [0, 0.1) is 5.41 Å². The quantitative estimate of drug-likeness (QED) is 0.325. The highest BCUT2D eigenvalue weighted by molar-refractivity contribution is 5.16. The summed E-state index contributed by atoms with van der Waals surface area (Å²) >= 11 is 0. The molecule has 0 saturated carbocycles. The van der Waals surface area contributed by atoms with E-state index < -0.39 is 80.8 Å². The van der Waals surface area contributed by atoms with Crippen molar-refractivity contribution in [2.24, 2.45) is 5.41 Å². The van der Waals surface area contributed by atoms with E-state index in [1.54, 1.807) is 0 Å². The van der Waals surface area contributed by atoms with Gasteiger partial charge in [0.1, 0.15) is 6.10 Å². The SMILES string of the molecule is OCC(CO)(CO)C(O)C(F)=C(F)C(F)(F)CCCCCC(F)(F)F. The van der Waals surface area contributed by atoms with Gasteiger partial charge < -0.3 is 20.4 Å². The van der Waals surface area contributed by atoms with E-state index >= 15 is 0 Å². The molecule has 0 heterocycles. The summed E-state index contributed by atoms with van der Waals surface area (Å²) in [5, 5.41) is 36.5. The van der Waals surface area contributed by atoms with E-state index in [2.05, 4.69) is 0 Å². The Morgan fingerprint density at radius 1 is 0.760 bits per heavy atom. The third-order valence-electron chi connectivity index (χ3n) is 3.75. The Balaban J connectivity index is 4.95. The first-order valence-corrected chi connectivity index (χ1v) is 7.37. The van der Waals surface area contributed by atoms with Crippen LogP contribution in [0.25, 0.3) is 0 Å². The molecule has 0 saturated heterocycles. The number of rotatable bonds is 11. The molecule has 25 heavy (non-hydrogen) atoms. The van der Waals surface area contributed by atoms with Crippen molar-refractivity contribution in [3.05, 3.63) is 11.7 Å². The fourth-order valence-corrected chi connectivity index (χ4v) is 1.93. The molecule has 11 heteroatoms. The summed E-state index contributed by atoms with van der Waals surface area (Å²) < 4.78 is 90.3. The molecule has 0 aliphatic heterocycles. The number of allylic oxidation sites excluding steroid dienone is 1. The van der Waals surface area contributed by atoms with Crippen molar-refractivity contribution >= 4 is 0 Å². The lowest BCUT2D eigenvalue weighted by molar-refractivity contribution is -0.135. The molecular weight excluding hydrogens is 365 g/mol. The summed E-state index contributed by atoms with van der Waals surface area (Å²) in [6.45, 7) is -3.65. The first kappa shape index (κ1) is 24.1. The minimum atomic E-state index is -4.44. The minimum absolute atomic E-state index is 0.291. The zero-order valence-corrected chi connectivity index (χ0v) is 13.2. The highest BCUT2D eigenvalue weighted by Gasteiger charge is 2.45. The summed E-state index contributed by atoms with van der Waals surface area (Å²) in [5.41, 5.74) is -2.37. The van der Waals surface area contributed by atoms with Crippen LogP contribution in [0.1, 0.15) is 32.1 Å². The number of alkyl halides is 5. The lowest BCUT2D eigenvalue weighted by atomic mass is 9.83. The molecule has 0 aromatic rings. The van der Waals surface area contributed by atoms with Gasteiger partial charge in [0.25, 0.3) is 0 Å². The smallest absolute Gasteiger partial charge is 0.389 e. The number of hydrogen-bond acceptors (Lipinski definition) is 4. The molecule has 0 rings (SSSR count). The third-order valence-corrected chi connectivity index (χ3v) is 3.75. The zero-order valence-electron chi connectivity index (χ0n) is 13.2. The van der Waals surface area contributed by atoms with Crippen molar-refractivity contribution in [2.75, 3.05) is 19.8 Å². The van der Waals surface area contributed by atoms with Crippen molar-refractivity contribution in [1.82, 2.24) is 0 Å². The maximum Gasteiger partial charge on any atom is 0.389 e. The van der Waals surface area contributed by atoms with Crippen molar-refractivity contribution < 1.29 is 51.2 Å². The van der Waals surface area contributed by atoms with Crippen LogP contribution < -0.4 is 0 Å². The summed E-state index contributed by atoms with van der Waals surface area (Å²) in [7, 11) is 0. The molecule has 150 valence electrons. The Morgan fingerprint density at radius 3 is 1.60 bits per heavy atom. The van der Waals surface area contributed by atoms with E-state index in [0.29, 0.717) is 0 Å². The van der Waals surface area contributed by atoms with Gasteiger partial charge in [0, 0.05) is 12.8 Å². The van der Waals surface area contributed by atoms with Gasteiger partial charge in [-0.15, -0.1) is 0 Å². The van der Waals surface area contributed by atoms with E-state index in [1.807, 2.05) is 0 Å². The molecule has 1 unspecified atom stereocenters. The first-order chi connectivity index (χ1) is 11.4. The predicted octanol–water partition coefficient (Wildman–Crippen LogP) is 2.61. The van der Waals surface area contributed by atoms with Gasteiger partial charge in [-0.3, -0.25) is 0 Å². The Bertz CT molecular complexity index is 425. The molecule has 0 aromatic heterocycles. The average molecular weight is 386 g/mol. The standard InChI is InChI=1S/C14H21F7O4/c15-9(11(25)12(6-22,7-23)8-24)10(16)13(17,18)4-2-1-3-5-14(19,20)21/h11,22-25H,1-8H2. The molecule has 4 nitrogen and oxygen atoms in total. The normalized spacial score (nSPS) is 16.0. The van der Waals surface area contributed by atoms with Crippen LogP contribution in [0.2, 0.25) is 0 Å². The Morgan fingerprint density at radius 2 is 1.20 bits per heavy atom. The van der Waals surface area contributed by atoms with Gasteiger partial charge in [0.2, 0.25) is 5.83 Å². The first-order valence-electron chi connectivity index (χ1n) is 7.37. The second-order valence-corrected chi connectivity index (χ2v) is 5.78. The Hall–Kier alpha value is -0.910. The monoisotopic (exact) mass is 386 g/mol. The lowest BCUT2D eigenvalue weighted by Gasteiger charge is -2.32. The molecule has 0 aliphatic rings. The molecule has 0 aromatic carbocycles. The van der Waals surface area contributed by atoms with Crippen molar-refractivity contribution in [2.45, 2.75) is 50.3 Å². The molecule has 0 amide bonds. The highest BCUT2D eigenvalue weighted by atomic mass is 19.4. The number of hydrogen-bond donors (Lipinski definition) is 4. The molecule has 0 aliphatic carbocycles. The second kappa shape index (κ2) is 9.70. The van der Waals surface area contributed by atoms with Gasteiger partial charge in [-0.25, -0.2) is 8.78 Å². The minimum Gasteiger partial charge on any atom is -0.395 e. The number of unbranched alkanes of at least 4 members (excludes halogenated alkanes) is 2. The van der Waals surface area contributed by atoms with E-state index in [-0.39, 0.29) is 6.42 Å². The molecule has 4 N–H and O–H groups in total. The van der Waals surface area contributed by atoms with Crippen LogP contribution >= 0.6 is 0 Å². The highest BCUT2D eigenvalue weighted by Crippen LogP contribution is 2.38. The molecule has 0 fully saturated rings. The zero-order chi connectivity index (χ0) is 19.9. The Labute approximate surface area is 139 Å². The number of aliphatic hydroxyl groups is 4. The molecule has 0 spiro atoms. The number of aliphatic hydroxyl groups excluding tert-OH is 4. The van der Waals surface area contributed by atoms with Gasteiger partial charge in [0.15, 0.2) is 5.83 Å². The van der Waals surface area contributed by atoms with E-state index in [4.69, 9.17) is 15.3 Å². The molecular formula is C14H21F7O4. The van der Waals surface area contributed by atoms with Crippen molar-refractivity contribution in [3.8, 4) is 0 Å². The maximum atomic E-state index is 13.8. The number of halogens is 7. The summed E-state index contributed by atoms with van der Waals surface area (Å²) in [5.74, 6) is -9.41. The molecule has 0 bridgehead atoms. The van der Waals surface area contributed by atoms with E-state index in [9.17, 15) is 35.8 Å². The van der Waals surface area contributed by atoms with Gasteiger partial charge in [-0.2, -0.15) is 22.0 Å². The second-order valence-electron chi connectivity index (χ2n) is 5.78. The van der Waals surface area contributed by atoms with Gasteiger partial charge in [0.05, 0.1) is 25.2 Å². The summed E-state index contributed by atoms with van der Waals surface area (Å²) in [6.07, 6.45) is -10.9. The van der Waals surface area contributed by atoms with Gasteiger partial charge >= 0.3 is 12.1 Å². The van der Waals surface area contributed by atoms with Crippen LogP contribution in [0.5, 0.6) is 0 Å². The van der Waals surface area contributed by atoms with Crippen molar-refractivity contribution in [1.29, 1.82) is 0 Å². The largest absolute Gasteiger partial charge is 0.395 e. The van der Waals surface area contributed by atoms with E-state index in [1.165, 1.54) is 0 Å². The van der Waals surface area contributed by atoms with Gasteiger partial charge in [-0.1, -0.05) is 6.42 Å². The molecule has 0 radical (unpaired) electrons. The van der Waals surface area contributed by atoms with Crippen LogP contribution in [0.3, 0.4) is 0 Å². The molecule has 1 atom stereocenters. The summed E-state index contributed by atoms with van der Waals surface area (Å²) in [4.78, 5) is 0. The fourth-order valence-electron chi connectivity index (χ4n) is 1.93. The maximum absolute atomic E-state index is 13.8. The fraction of sp³-hybridized carbons (Fsp3) is 0.857. The van der Waals surface area contributed by atoms with E-state index in [0.717, 1.165) is 0 Å². The third kappa shape index (κ3) is 7.08. The van der Waals surface area contributed by atoms with Crippen LogP contribution in [0.15, 0.2) is 11.7 Å². The topological polar surface area (TPSA) is 80.9 Å². The van der Waals surface area contributed by atoms with Crippen LogP contribution in [-0.4, -0.2) is 58.4 Å². The lowest BCUT2D eigenvalue weighted by Crippen LogP contribution is -2.46. The van der Waals surface area contributed by atoms with Gasteiger partial charge in [-0.05, 0) is 12.8 Å².